The average molecular weight is 306 g/mol. The van der Waals surface area contributed by atoms with Crippen molar-refractivity contribution in [2.75, 3.05) is 4.90 Å². The summed E-state index contributed by atoms with van der Waals surface area (Å²) in [6.45, 7) is 15.5. The molecule has 0 amide bonds. The van der Waals surface area contributed by atoms with Crippen LogP contribution in [0.1, 0.15) is 13.8 Å². The minimum atomic E-state index is 0.161. The van der Waals surface area contributed by atoms with Crippen molar-refractivity contribution in [2.45, 2.75) is 19.9 Å². The topological polar surface area (TPSA) is 15.3 Å². The number of para-hydroxylation sites is 1. The van der Waals surface area contributed by atoms with Crippen LogP contribution in [0.4, 0.5) is 5.69 Å². The minimum absolute atomic E-state index is 0.161. The van der Waals surface area contributed by atoms with E-state index >= 15 is 0 Å². The molecule has 1 atom stereocenters. The predicted molar refractivity (Wildman–Crippen MR) is 103 cm³/mol. The van der Waals surface area contributed by atoms with Gasteiger partial charge in [-0.15, -0.1) is 0 Å². The second kappa shape index (κ2) is 10.1. The Morgan fingerprint density at radius 1 is 1.17 bits per heavy atom. The molecule has 0 bridgehead atoms. The number of hydrogen-bond acceptors (Lipinski definition) is 2. The molecular formula is C21H26N2. The smallest absolute Gasteiger partial charge is 0.0497 e. The van der Waals surface area contributed by atoms with Gasteiger partial charge in [-0.25, -0.2) is 0 Å². The van der Waals surface area contributed by atoms with E-state index in [0.717, 1.165) is 17.0 Å². The number of nitrogens with one attached hydrogen (secondary N) is 1. The Kier molecular flexibility index (Phi) is 8.01. The first-order valence-corrected chi connectivity index (χ1v) is 7.66. The first-order chi connectivity index (χ1) is 11.2. The van der Waals surface area contributed by atoms with Crippen molar-refractivity contribution in [3.63, 3.8) is 0 Å². The van der Waals surface area contributed by atoms with Gasteiger partial charge in [0.25, 0.3) is 0 Å². The highest BCUT2D eigenvalue weighted by atomic mass is 15.2. The first-order valence-electron chi connectivity index (χ1n) is 7.66. The third-order valence-corrected chi connectivity index (χ3v) is 3.39. The fraction of sp³-hybridized carbons (Fsp3) is 0.143. The number of anilines is 1. The lowest BCUT2D eigenvalue weighted by molar-refractivity contribution is 0.827. The van der Waals surface area contributed by atoms with Gasteiger partial charge in [0.05, 0.1) is 0 Å². The molecular weight excluding hydrogens is 280 g/mol. The lowest BCUT2D eigenvalue weighted by Crippen LogP contribution is -2.31. The van der Waals surface area contributed by atoms with E-state index in [2.05, 4.69) is 62.0 Å². The Morgan fingerprint density at radius 2 is 1.87 bits per heavy atom. The molecule has 120 valence electrons. The molecule has 0 aliphatic carbocycles. The molecule has 0 aliphatic heterocycles. The molecule has 1 N–H and O–H groups in total. The molecule has 1 rings (SSSR count). The molecule has 0 saturated heterocycles. The summed E-state index contributed by atoms with van der Waals surface area (Å²) in [5.41, 5.74) is 3.28. The van der Waals surface area contributed by atoms with Crippen LogP contribution in [0.15, 0.2) is 104 Å². The van der Waals surface area contributed by atoms with Gasteiger partial charge in [-0.1, -0.05) is 62.2 Å². The maximum Gasteiger partial charge on any atom is 0.0497 e. The summed E-state index contributed by atoms with van der Waals surface area (Å²) in [5, 5.41) is 3.00. The summed E-state index contributed by atoms with van der Waals surface area (Å²) in [6, 6.07) is 10.5. The molecule has 0 radical (unpaired) electrons. The highest BCUT2D eigenvalue weighted by Gasteiger charge is 2.16. The van der Waals surface area contributed by atoms with Crippen molar-refractivity contribution in [1.82, 2.24) is 5.32 Å². The normalized spacial score (nSPS) is 13.5. The van der Waals surface area contributed by atoms with Gasteiger partial charge in [-0.2, -0.15) is 0 Å². The fourth-order valence-electron chi connectivity index (χ4n) is 2.21. The van der Waals surface area contributed by atoms with Crippen LogP contribution in [0.2, 0.25) is 0 Å². The molecule has 23 heavy (non-hydrogen) atoms. The van der Waals surface area contributed by atoms with Gasteiger partial charge in [0, 0.05) is 23.6 Å². The van der Waals surface area contributed by atoms with Crippen molar-refractivity contribution in [2.24, 2.45) is 0 Å². The van der Waals surface area contributed by atoms with Crippen LogP contribution in [0.3, 0.4) is 0 Å². The van der Waals surface area contributed by atoms with Crippen molar-refractivity contribution in [3.05, 3.63) is 104 Å². The second-order valence-corrected chi connectivity index (χ2v) is 5.04. The SMILES string of the molecule is C=C/C=C\C(C)N(C(/C=C/NC=C)=C(\C)C=C)c1ccccc1. The molecule has 0 spiro atoms. The largest absolute Gasteiger partial charge is 0.368 e. The van der Waals surface area contributed by atoms with Crippen LogP contribution < -0.4 is 10.2 Å². The Bertz CT molecular complexity index is 606. The molecule has 1 aromatic rings. The highest BCUT2D eigenvalue weighted by Crippen LogP contribution is 2.26. The molecule has 0 heterocycles. The van der Waals surface area contributed by atoms with Gasteiger partial charge in [0.15, 0.2) is 0 Å². The molecule has 2 nitrogen and oxygen atoms in total. The molecule has 0 aliphatic rings. The van der Waals surface area contributed by atoms with E-state index in [1.807, 2.05) is 42.6 Å². The Hall–Kier alpha value is -2.74. The van der Waals surface area contributed by atoms with Crippen molar-refractivity contribution in [3.8, 4) is 0 Å². The number of hydrogen-bond donors (Lipinski definition) is 1. The van der Waals surface area contributed by atoms with Gasteiger partial charge in [0.2, 0.25) is 0 Å². The van der Waals surface area contributed by atoms with Crippen LogP contribution in [-0.2, 0) is 0 Å². The minimum Gasteiger partial charge on any atom is -0.368 e. The molecule has 0 aromatic heterocycles. The van der Waals surface area contributed by atoms with Crippen LogP contribution in [0, 0.1) is 0 Å². The van der Waals surface area contributed by atoms with E-state index < -0.39 is 0 Å². The van der Waals surface area contributed by atoms with Crippen LogP contribution in [0.5, 0.6) is 0 Å². The molecule has 0 saturated carbocycles. The number of nitrogens with zero attached hydrogens (tertiary/aromatic N) is 1. The molecule has 1 unspecified atom stereocenters. The summed E-state index contributed by atoms with van der Waals surface area (Å²) in [7, 11) is 0. The molecule has 0 fully saturated rings. The maximum atomic E-state index is 3.91. The van der Waals surface area contributed by atoms with Gasteiger partial charge in [0.1, 0.15) is 0 Å². The second-order valence-electron chi connectivity index (χ2n) is 5.04. The summed E-state index contributed by atoms with van der Waals surface area (Å²) < 4.78 is 0. The third kappa shape index (κ3) is 5.51. The van der Waals surface area contributed by atoms with Gasteiger partial charge in [-0.05, 0) is 43.8 Å². The lowest BCUT2D eigenvalue weighted by Gasteiger charge is -2.32. The van der Waals surface area contributed by atoms with Crippen LogP contribution in [0.25, 0.3) is 0 Å². The van der Waals surface area contributed by atoms with E-state index in [4.69, 9.17) is 0 Å². The Labute approximate surface area is 140 Å². The van der Waals surface area contributed by atoms with E-state index in [0.29, 0.717) is 0 Å². The van der Waals surface area contributed by atoms with E-state index in [9.17, 15) is 0 Å². The summed E-state index contributed by atoms with van der Waals surface area (Å²) >= 11 is 0. The number of benzene rings is 1. The van der Waals surface area contributed by atoms with Gasteiger partial charge < -0.3 is 10.2 Å². The van der Waals surface area contributed by atoms with Gasteiger partial charge >= 0.3 is 0 Å². The molecule has 1 aromatic carbocycles. The Morgan fingerprint density at radius 3 is 2.43 bits per heavy atom. The Balaban J connectivity index is 3.39. The zero-order chi connectivity index (χ0) is 17.1. The van der Waals surface area contributed by atoms with Crippen LogP contribution in [-0.4, -0.2) is 6.04 Å². The standard InChI is InChI=1S/C21H26N2/c1-6-9-13-19(5)23(20-14-11-10-12-15-20)21(18(4)7-2)16-17-22-8-3/h6-17,19,22H,1-3H2,4-5H3/b13-9-,17-16+,21-18+. The lowest BCUT2D eigenvalue weighted by atomic mass is 10.1. The zero-order valence-corrected chi connectivity index (χ0v) is 14.1. The van der Waals surface area contributed by atoms with Crippen molar-refractivity contribution < 1.29 is 0 Å². The van der Waals surface area contributed by atoms with Crippen LogP contribution >= 0.6 is 0 Å². The zero-order valence-electron chi connectivity index (χ0n) is 14.1. The summed E-state index contributed by atoms with van der Waals surface area (Å²) in [6.07, 6.45) is 13.3. The summed E-state index contributed by atoms with van der Waals surface area (Å²) in [4.78, 5) is 2.26. The fourth-order valence-corrected chi connectivity index (χ4v) is 2.21. The van der Waals surface area contributed by atoms with Crippen molar-refractivity contribution >= 4 is 5.69 Å². The van der Waals surface area contributed by atoms with E-state index in [1.54, 1.807) is 12.3 Å². The first kappa shape index (κ1) is 18.3. The van der Waals surface area contributed by atoms with Crippen molar-refractivity contribution in [1.29, 1.82) is 0 Å². The average Bonchev–Trinajstić information content (AvgIpc) is 2.59. The number of allylic oxidation sites excluding steroid dienone is 5. The highest BCUT2D eigenvalue weighted by molar-refractivity contribution is 5.58. The summed E-state index contributed by atoms with van der Waals surface area (Å²) in [5.74, 6) is 0. The maximum absolute atomic E-state index is 3.91. The van der Waals surface area contributed by atoms with E-state index in [-0.39, 0.29) is 6.04 Å². The quantitative estimate of drug-likeness (QED) is 0.620. The third-order valence-electron chi connectivity index (χ3n) is 3.39. The van der Waals surface area contributed by atoms with Gasteiger partial charge in [-0.3, -0.25) is 0 Å². The monoisotopic (exact) mass is 306 g/mol. The van der Waals surface area contributed by atoms with E-state index in [1.165, 1.54) is 0 Å². The number of rotatable bonds is 9. The molecule has 2 heteroatoms. The predicted octanol–water partition coefficient (Wildman–Crippen LogP) is 5.33.